The van der Waals surface area contributed by atoms with E-state index in [2.05, 4.69) is 45.2 Å². The van der Waals surface area contributed by atoms with E-state index in [-0.39, 0.29) is 12.1 Å². The molecule has 1 amide bonds. The van der Waals surface area contributed by atoms with Gasteiger partial charge in [-0.1, -0.05) is 64.5 Å². The zero-order chi connectivity index (χ0) is 19.8. The lowest BCUT2D eigenvalue weighted by atomic mass is 9.93. The minimum absolute atomic E-state index is 0.220. The van der Waals surface area contributed by atoms with Gasteiger partial charge in [-0.05, 0) is 47.9 Å². The molecule has 1 aromatic heterocycles. The van der Waals surface area contributed by atoms with E-state index in [1.807, 2.05) is 47.4 Å². The van der Waals surface area contributed by atoms with Crippen molar-refractivity contribution in [3.8, 4) is 5.75 Å². The van der Waals surface area contributed by atoms with Gasteiger partial charge in [-0.15, -0.1) is 0 Å². The van der Waals surface area contributed by atoms with E-state index in [1.54, 1.807) is 12.1 Å². The molecular weight excluding hydrogens is 428 g/mol. The summed E-state index contributed by atoms with van der Waals surface area (Å²) in [7, 11) is 0. The number of aromatic nitrogens is 1. The number of hydrogen-bond acceptors (Lipinski definition) is 2. The summed E-state index contributed by atoms with van der Waals surface area (Å²) >= 11 is 3.58. The maximum absolute atomic E-state index is 13.1. The second-order valence-corrected chi connectivity index (χ2v) is 8.06. The van der Waals surface area contributed by atoms with E-state index in [1.165, 1.54) is 10.9 Å². The number of rotatable bonds is 2. The molecule has 0 saturated carbocycles. The van der Waals surface area contributed by atoms with Gasteiger partial charge in [0.25, 0.3) is 0 Å². The number of carbonyl (C=O) groups is 1. The van der Waals surface area contributed by atoms with Gasteiger partial charge in [-0.3, -0.25) is 4.90 Å². The summed E-state index contributed by atoms with van der Waals surface area (Å²) < 4.78 is 6.73. The SMILES string of the molecule is O=C(Oc1ccccc1)N1CCc2c([nH]c3ccc(Br)cc23)C1c1ccccc1. The van der Waals surface area contributed by atoms with Gasteiger partial charge < -0.3 is 9.72 Å². The van der Waals surface area contributed by atoms with Gasteiger partial charge in [0, 0.05) is 27.6 Å². The normalized spacial score (nSPS) is 15.9. The first-order chi connectivity index (χ1) is 14.2. The summed E-state index contributed by atoms with van der Waals surface area (Å²) in [5.41, 5.74) is 4.46. The summed E-state index contributed by atoms with van der Waals surface area (Å²) in [6.07, 6.45) is 0.439. The molecule has 0 bridgehead atoms. The van der Waals surface area contributed by atoms with Crippen LogP contribution in [0.15, 0.2) is 83.3 Å². The van der Waals surface area contributed by atoms with Crippen LogP contribution >= 0.6 is 15.9 Å². The number of ether oxygens (including phenoxy) is 1. The van der Waals surface area contributed by atoms with Gasteiger partial charge in [-0.2, -0.15) is 0 Å². The van der Waals surface area contributed by atoms with Crippen LogP contribution in [0.1, 0.15) is 22.9 Å². The first kappa shape index (κ1) is 18.0. The van der Waals surface area contributed by atoms with Crippen molar-refractivity contribution in [2.75, 3.05) is 6.54 Å². The largest absolute Gasteiger partial charge is 0.416 e. The van der Waals surface area contributed by atoms with Crippen molar-refractivity contribution in [1.29, 1.82) is 0 Å². The highest BCUT2D eigenvalue weighted by atomic mass is 79.9. The zero-order valence-corrected chi connectivity index (χ0v) is 17.2. The van der Waals surface area contributed by atoms with Crippen LogP contribution in [-0.4, -0.2) is 22.5 Å². The number of fused-ring (bicyclic) bond motifs is 3. The fourth-order valence-electron chi connectivity index (χ4n) is 4.09. The van der Waals surface area contributed by atoms with Crippen LogP contribution in [0.3, 0.4) is 0 Å². The molecule has 1 aliphatic heterocycles. The molecule has 5 rings (SSSR count). The highest BCUT2D eigenvalue weighted by molar-refractivity contribution is 9.10. The third-order valence-electron chi connectivity index (χ3n) is 5.39. The van der Waals surface area contributed by atoms with Crippen molar-refractivity contribution in [2.45, 2.75) is 12.5 Å². The molecule has 1 aliphatic rings. The molecule has 3 aromatic carbocycles. The number of halogens is 1. The number of para-hydroxylation sites is 1. The smallest absolute Gasteiger partial charge is 0.410 e. The van der Waals surface area contributed by atoms with Crippen molar-refractivity contribution in [1.82, 2.24) is 9.88 Å². The van der Waals surface area contributed by atoms with Gasteiger partial charge in [-0.25, -0.2) is 4.79 Å². The van der Waals surface area contributed by atoms with Crippen molar-refractivity contribution in [2.24, 2.45) is 0 Å². The highest BCUT2D eigenvalue weighted by Crippen LogP contribution is 2.39. The van der Waals surface area contributed by atoms with E-state index < -0.39 is 0 Å². The van der Waals surface area contributed by atoms with E-state index in [9.17, 15) is 4.79 Å². The Hall–Kier alpha value is -3.05. The number of hydrogen-bond donors (Lipinski definition) is 1. The third kappa shape index (κ3) is 3.32. The summed E-state index contributed by atoms with van der Waals surface area (Å²) in [4.78, 5) is 18.5. The molecule has 1 atom stereocenters. The minimum atomic E-state index is -0.337. The lowest BCUT2D eigenvalue weighted by Crippen LogP contribution is -2.42. The average Bonchev–Trinajstić information content (AvgIpc) is 3.12. The zero-order valence-electron chi connectivity index (χ0n) is 15.6. The monoisotopic (exact) mass is 446 g/mol. The Morgan fingerprint density at radius 1 is 1.00 bits per heavy atom. The lowest BCUT2D eigenvalue weighted by Gasteiger charge is -2.35. The molecule has 5 heteroatoms. The molecule has 0 saturated heterocycles. The van der Waals surface area contributed by atoms with Gasteiger partial charge in [0.1, 0.15) is 11.8 Å². The van der Waals surface area contributed by atoms with Crippen molar-refractivity contribution >= 4 is 32.9 Å². The molecule has 0 radical (unpaired) electrons. The molecule has 0 aliphatic carbocycles. The average molecular weight is 447 g/mol. The maximum Gasteiger partial charge on any atom is 0.416 e. The Balaban J connectivity index is 1.59. The number of nitrogens with one attached hydrogen (secondary N) is 1. The van der Waals surface area contributed by atoms with Crippen molar-refractivity contribution < 1.29 is 9.53 Å². The molecular formula is C24H19BrN2O2. The first-order valence-corrected chi connectivity index (χ1v) is 10.4. The number of amides is 1. The molecule has 29 heavy (non-hydrogen) atoms. The second-order valence-electron chi connectivity index (χ2n) is 7.14. The Morgan fingerprint density at radius 2 is 1.72 bits per heavy atom. The van der Waals surface area contributed by atoms with Crippen molar-refractivity contribution in [3.63, 3.8) is 0 Å². The molecule has 2 heterocycles. The summed E-state index contributed by atoms with van der Waals surface area (Å²) in [5.74, 6) is 0.552. The number of benzene rings is 3. The standard InChI is InChI=1S/C24H19BrN2O2/c25-17-11-12-21-20(15-17)19-13-14-27(24(28)29-18-9-5-2-6-10-18)23(22(19)26-21)16-7-3-1-4-8-16/h1-12,15,23,26H,13-14H2. The van der Waals surface area contributed by atoms with Crippen LogP contribution < -0.4 is 4.74 Å². The highest BCUT2D eigenvalue weighted by Gasteiger charge is 2.35. The summed E-state index contributed by atoms with van der Waals surface area (Å²) in [5, 5.41) is 1.20. The molecule has 144 valence electrons. The first-order valence-electron chi connectivity index (χ1n) is 9.59. The van der Waals surface area contributed by atoms with Gasteiger partial charge >= 0.3 is 6.09 Å². The molecule has 0 fully saturated rings. The van der Waals surface area contributed by atoms with Crippen molar-refractivity contribution in [3.05, 3.63) is 100 Å². The lowest BCUT2D eigenvalue weighted by molar-refractivity contribution is 0.135. The molecule has 4 nitrogen and oxygen atoms in total. The Kier molecular flexibility index (Phi) is 4.60. The number of H-pyrrole nitrogens is 1. The third-order valence-corrected chi connectivity index (χ3v) is 5.88. The van der Waals surface area contributed by atoms with E-state index in [0.717, 1.165) is 27.7 Å². The van der Waals surface area contributed by atoms with E-state index >= 15 is 0 Å². The Labute approximate surface area is 177 Å². The minimum Gasteiger partial charge on any atom is -0.410 e. The van der Waals surface area contributed by atoms with Crippen LogP contribution in [-0.2, 0) is 6.42 Å². The van der Waals surface area contributed by atoms with Crippen LogP contribution in [0.2, 0.25) is 0 Å². The van der Waals surface area contributed by atoms with Crippen LogP contribution in [0.4, 0.5) is 4.79 Å². The molecule has 1 N–H and O–H groups in total. The topological polar surface area (TPSA) is 45.3 Å². The van der Waals surface area contributed by atoms with Crippen LogP contribution in [0, 0.1) is 0 Å². The number of aromatic amines is 1. The predicted octanol–water partition coefficient (Wildman–Crippen LogP) is 6.08. The molecule has 0 spiro atoms. The fourth-order valence-corrected chi connectivity index (χ4v) is 4.45. The van der Waals surface area contributed by atoms with Crippen LogP contribution in [0.5, 0.6) is 5.75 Å². The molecule has 1 unspecified atom stereocenters. The quantitative estimate of drug-likeness (QED) is 0.405. The van der Waals surface area contributed by atoms with Gasteiger partial charge in [0.2, 0.25) is 0 Å². The van der Waals surface area contributed by atoms with Gasteiger partial charge in [0.15, 0.2) is 0 Å². The maximum atomic E-state index is 13.1. The van der Waals surface area contributed by atoms with Gasteiger partial charge in [0.05, 0.1) is 0 Å². The Bertz CT molecular complexity index is 1170. The summed E-state index contributed by atoms with van der Waals surface area (Å²) in [6.45, 7) is 0.595. The molecule has 4 aromatic rings. The fraction of sp³-hybridized carbons (Fsp3) is 0.125. The van der Waals surface area contributed by atoms with E-state index in [4.69, 9.17) is 4.74 Å². The number of carbonyl (C=O) groups excluding carboxylic acids is 1. The predicted molar refractivity (Wildman–Crippen MR) is 117 cm³/mol. The Morgan fingerprint density at radius 3 is 2.48 bits per heavy atom. The van der Waals surface area contributed by atoms with E-state index in [0.29, 0.717) is 12.3 Å². The number of nitrogens with zero attached hydrogens (tertiary/aromatic N) is 1. The second kappa shape index (κ2) is 7.41. The summed E-state index contributed by atoms with van der Waals surface area (Å²) in [6, 6.07) is 25.4. The van der Waals surface area contributed by atoms with Crippen LogP contribution in [0.25, 0.3) is 10.9 Å².